The zero-order valence-electron chi connectivity index (χ0n) is 14.9. The van der Waals surface area contributed by atoms with Gasteiger partial charge >= 0.3 is 0 Å². The summed E-state index contributed by atoms with van der Waals surface area (Å²) in [6.45, 7) is 4.56. The quantitative estimate of drug-likeness (QED) is 0.783. The van der Waals surface area contributed by atoms with Crippen molar-refractivity contribution >= 4 is 0 Å². The Labute approximate surface area is 151 Å². The number of aromatic nitrogens is 4. The average Bonchev–Trinajstić information content (AvgIpc) is 2.95. The monoisotopic (exact) mass is 352 g/mol. The van der Waals surface area contributed by atoms with Crippen LogP contribution < -0.4 is 0 Å². The lowest BCUT2D eigenvalue weighted by atomic mass is 9.74. The normalized spacial score (nSPS) is 18.5. The highest BCUT2D eigenvalue weighted by molar-refractivity contribution is 5.58. The number of fused-ring (bicyclic) bond motifs is 1. The number of aliphatic hydroxyl groups excluding tert-OH is 1. The van der Waals surface area contributed by atoms with Crippen molar-refractivity contribution in [3.8, 4) is 11.5 Å². The van der Waals surface area contributed by atoms with E-state index in [9.17, 15) is 9.50 Å². The van der Waals surface area contributed by atoms with Crippen LogP contribution in [0.25, 0.3) is 11.5 Å². The standard InChI is InChI=1S/C20H21FN4O/c1-20(2)10-15-17(16(26)11-20)18(19-22-8-5-9-23-19)24-25(15)12-13-6-3-4-7-14(13)21/h3-9,16,26H,10-12H2,1-2H3. The molecule has 2 aromatic heterocycles. The molecule has 0 radical (unpaired) electrons. The number of nitrogens with zero attached hydrogens (tertiary/aromatic N) is 4. The molecule has 1 aliphatic rings. The van der Waals surface area contributed by atoms with Crippen molar-refractivity contribution < 1.29 is 9.50 Å². The van der Waals surface area contributed by atoms with Crippen LogP contribution in [0.3, 0.4) is 0 Å². The van der Waals surface area contributed by atoms with Crippen LogP contribution in [0, 0.1) is 11.2 Å². The van der Waals surface area contributed by atoms with Gasteiger partial charge in [-0.2, -0.15) is 5.10 Å². The van der Waals surface area contributed by atoms with Crippen LogP contribution in [-0.4, -0.2) is 24.9 Å². The summed E-state index contributed by atoms with van der Waals surface area (Å²) in [6, 6.07) is 8.44. The summed E-state index contributed by atoms with van der Waals surface area (Å²) in [6.07, 6.45) is 4.08. The summed E-state index contributed by atoms with van der Waals surface area (Å²) in [5.74, 6) is 0.222. The molecule has 134 valence electrons. The van der Waals surface area contributed by atoms with E-state index in [1.807, 2.05) is 6.07 Å². The van der Waals surface area contributed by atoms with E-state index in [4.69, 9.17) is 0 Å². The van der Waals surface area contributed by atoms with E-state index >= 15 is 0 Å². The molecule has 0 saturated heterocycles. The first-order valence-electron chi connectivity index (χ1n) is 8.73. The van der Waals surface area contributed by atoms with Crippen LogP contribution in [0.15, 0.2) is 42.7 Å². The molecular weight excluding hydrogens is 331 g/mol. The molecular formula is C20H21FN4O. The smallest absolute Gasteiger partial charge is 0.180 e. The Morgan fingerprint density at radius 1 is 1.19 bits per heavy atom. The van der Waals surface area contributed by atoms with Crippen molar-refractivity contribution in [1.29, 1.82) is 0 Å². The predicted octanol–water partition coefficient (Wildman–Crippen LogP) is 3.53. The molecule has 1 unspecified atom stereocenters. The van der Waals surface area contributed by atoms with E-state index in [1.54, 1.807) is 35.3 Å². The first kappa shape index (κ1) is 16.8. The van der Waals surface area contributed by atoms with Crippen molar-refractivity contribution in [2.75, 3.05) is 0 Å². The third-order valence-corrected chi connectivity index (χ3v) is 4.88. The second kappa shape index (κ2) is 6.29. The van der Waals surface area contributed by atoms with Gasteiger partial charge in [-0.25, -0.2) is 14.4 Å². The third kappa shape index (κ3) is 3.01. The van der Waals surface area contributed by atoms with Crippen LogP contribution >= 0.6 is 0 Å². The lowest BCUT2D eigenvalue weighted by molar-refractivity contribution is 0.0984. The fourth-order valence-corrected chi connectivity index (χ4v) is 3.70. The molecule has 5 nitrogen and oxygen atoms in total. The Balaban J connectivity index is 1.86. The van der Waals surface area contributed by atoms with Crippen molar-refractivity contribution in [3.05, 3.63) is 65.4 Å². The average molecular weight is 352 g/mol. The summed E-state index contributed by atoms with van der Waals surface area (Å²) < 4.78 is 15.9. The molecule has 3 aromatic rings. The fourth-order valence-electron chi connectivity index (χ4n) is 3.70. The molecule has 26 heavy (non-hydrogen) atoms. The molecule has 0 bridgehead atoms. The Hall–Kier alpha value is -2.60. The van der Waals surface area contributed by atoms with Crippen molar-refractivity contribution in [2.45, 2.75) is 39.3 Å². The lowest BCUT2D eigenvalue weighted by Gasteiger charge is -2.33. The van der Waals surface area contributed by atoms with Crippen LogP contribution in [0.1, 0.15) is 43.2 Å². The van der Waals surface area contributed by atoms with Gasteiger partial charge in [0.05, 0.1) is 12.6 Å². The molecule has 6 heteroatoms. The largest absolute Gasteiger partial charge is 0.388 e. The van der Waals surface area contributed by atoms with Gasteiger partial charge < -0.3 is 5.11 Å². The Morgan fingerprint density at radius 2 is 1.92 bits per heavy atom. The Morgan fingerprint density at radius 3 is 2.65 bits per heavy atom. The van der Waals surface area contributed by atoms with Gasteiger partial charge in [-0.15, -0.1) is 0 Å². The summed E-state index contributed by atoms with van der Waals surface area (Å²) in [4.78, 5) is 8.59. The molecule has 1 N–H and O–H groups in total. The molecule has 0 saturated carbocycles. The van der Waals surface area contributed by atoms with E-state index in [0.717, 1.165) is 17.7 Å². The van der Waals surface area contributed by atoms with Gasteiger partial charge in [-0.3, -0.25) is 4.68 Å². The minimum Gasteiger partial charge on any atom is -0.388 e. The van der Waals surface area contributed by atoms with Gasteiger partial charge in [0.25, 0.3) is 0 Å². The maximum Gasteiger partial charge on any atom is 0.180 e. The van der Waals surface area contributed by atoms with E-state index in [2.05, 4.69) is 28.9 Å². The van der Waals surface area contributed by atoms with Crippen LogP contribution in [0.5, 0.6) is 0 Å². The molecule has 4 rings (SSSR count). The molecule has 1 atom stereocenters. The molecule has 1 aromatic carbocycles. The number of aliphatic hydroxyl groups is 1. The predicted molar refractivity (Wildman–Crippen MR) is 95.8 cm³/mol. The number of halogens is 1. The van der Waals surface area contributed by atoms with Crippen molar-refractivity contribution in [2.24, 2.45) is 5.41 Å². The van der Waals surface area contributed by atoms with Gasteiger partial charge in [-0.05, 0) is 30.4 Å². The van der Waals surface area contributed by atoms with Gasteiger partial charge in [0.15, 0.2) is 5.82 Å². The number of benzene rings is 1. The number of rotatable bonds is 3. The maximum absolute atomic E-state index is 14.2. The fraction of sp³-hybridized carbons (Fsp3) is 0.350. The third-order valence-electron chi connectivity index (χ3n) is 4.88. The van der Waals surface area contributed by atoms with Gasteiger partial charge in [-0.1, -0.05) is 32.0 Å². The molecule has 0 amide bonds. The molecule has 0 fully saturated rings. The topological polar surface area (TPSA) is 63.8 Å². The second-order valence-corrected chi connectivity index (χ2v) is 7.59. The lowest BCUT2D eigenvalue weighted by Crippen LogP contribution is -2.27. The Kier molecular flexibility index (Phi) is 4.07. The van der Waals surface area contributed by atoms with E-state index < -0.39 is 6.10 Å². The van der Waals surface area contributed by atoms with Gasteiger partial charge in [0.2, 0.25) is 0 Å². The number of hydrogen-bond acceptors (Lipinski definition) is 4. The second-order valence-electron chi connectivity index (χ2n) is 7.59. The van der Waals surface area contributed by atoms with Crippen LogP contribution in [0.4, 0.5) is 4.39 Å². The highest BCUT2D eigenvalue weighted by Crippen LogP contribution is 2.44. The first-order chi connectivity index (χ1) is 12.4. The van der Waals surface area contributed by atoms with E-state index in [-0.39, 0.29) is 11.2 Å². The maximum atomic E-state index is 14.2. The van der Waals surface area contributed by atoms with Gasteiger partial charge in [0.1, 0.15) is 11.5 Å². The molecule has 0 aliphatic heterocycles. The van der Waals surface area contributed by atoms with Crippen LogP contribution in [-0.2, 0) is 13.0 Å². The molecule has 1 aliphatic carbocycles. The minimum atomic E-state index is -0.637. The SMILES string of the molecule is CC1(C)Cc2c(c(-c3ncccn3)nn2Cc2ccccc2F)C(O)C1. The van der Waals surface area contributed by atoms with Gasteiger partial charge in [0, 0.05) is 29.2 Å². The Bertz CT molecular complexity index is 936. The highest BCUT2D eigenvalue weighted by atomic mass is 19.1. The minimum absolute atomic E-state index is 0.0613. The summed E-state index contributed by atoms with van der Waals surface area (Å²) >= 11 is 0. The van der Waals surface area contributed by atoms with E-state index in [0.29, 0.717) is 30.0 Å². The zero-order valence-corrected chi connectivity index (χ0v) is 14.9. The zero-order chi connectivity index (χ0) is 18.3. The van der Waals surface area contributed by atoms with E-state index in [1.165, 1.54) is 6.07 Å². The molecule has 0 spiro atoms. The number of hydrogen-bond donors (Lipinski definition) is 1. The van der Waals surface area contributed by atoms with Crippen molar-refractivity contribution in [1.82, 2.24) is 19.7 Å². The van der Waals surface area contributed by atoms with Crippen LogP contribution in [0.2, 0.25) is 0 Å². The van der Waals surface area contributed by atoms with Crippen molar-refractivity contribution in [3.63, 3.8) is 0 Å². The highest BCUT2D eigenvalue weighted by Gasteiger charge is 2.37. The summed E-state index contributed by atoms with van der Waals surface area (Å²) in [7, 11) is 0. The first-order valence-corrected chi connectivity index (χ1v) is 8.73. The molecule has 2 heterocycles. The summed E-state index contributed by atoms with van der Waals surface area (Å²) in [5.41, 5.74) is 2.79. The summed E-state index contributed by atoms with van der Waals surface area (Å²) in [5, 5.41) is 15.5.